The molecule has 4 rings (SSSR count). The molecule has 0 aliphatic heterocycles. The average molecular weight is 487 g/mol. The minimum atomic E-state index is -3.96. The van der Waals surface area contributed by atoms with E-state index in [-0.39, 0.29) is 28.1 Å². The number of hydrogen-bond acceptors (Lipinski definition) is 8. The lowest BCUT2D eigenvalue weighted by molar-refractivity contribution is 0.120. The first-order valence-corrected chi connectivity index (χ1v) is 12.2. The number of rotatable bonds is 7. The highest BCUT2D eigenvalue weighted by Gasteiger charge is 2.27. The lowest BCUT2D eigenvalue weighted by atomic mass is 9.94. The molecule has 0 radical (unpaired) electrons. The lowest BCUT2D eigenvalue weighted by Gasteiger charge is -2.26. The number of nitrogen functional groups attached to an aromatic ring is 1. The average Bonchev–Trinajstić information content (AvgIpc) is 3.12. The minimum absolute atomic E-state index is 0.00560. The van der Waals surface area contributed by atoms with Gasteiger partial charge in [-0.1, -0.05) is 18.2 Å². The first-order valence-electron chi connectivity index (χ1n) is 10.7. The summed E-state index contributed by atoms with van der Waals surface area (Å²) in [5.41, 5.74) is 5.83. The third kappa shape index (κ3) is 5.03. The molecule has 0 amide bonds. The number of aliphatic hydroxyl groups is 1. The van der Waals surface area contributed by atoms with Crippen molar-refractivity contribution < 1.29 is 18.3 Å². The third-order valence-electron chi connectivity index (χ3n) is 5.64. The Labute approximate surface area is 196 Å². The van der Waals surface area contributed by atoms with Crippen molar-refractivity contribution in [3.63, 3.8) is 0 Å². The normalized spacial score (nSPS) is 18.9. The lowest BCUT2D eigenvalue weighted by Crippen LogP contribution is -2.38. The summed E-state index contributed by atoms with van der Waals surface area (Å²) < 4.78 is 35.4. The fourth-order valence-electron chi connectivity index (χ4n) is 3.81. The number of H-pyrrole nitrogens is 1. The van der Waals surface area contributed by atoms with Crippen LogP contribution >= 0.6 is 0 Å². The quantitative estimate of drug-likeness (QED) is 0.375. The van der Waals surface area contributed by atoms with Crippen LogP contribution in [0.2, 0.25) is 0 Å². The van der Waals surface area contributed by atoms with Gasteiger partial charge in [-0.05, 0) is 49.9 Å². The smallest absolute Gasteiger partial charge is 0.301 e. The molecule has 0 spiro atoms. The zero-order chi connectivity index (χ0) is 24.3. The molecule has 1 fully saturated rings. The topological polar surface area (TPSA) is 164 Å². The van der Waals surface area contributed by atoms with Crippen LogP contribution in [0.15, 0.2) is 68.4 Å². The van der Waals surface area contributed by atoms with E-state index >= 15 is 0 Å². The van der Waals surface area contributed by atoms with E-state index in [0.29, 0.717) is 37.1 Å². The highest BCUT2D eigenvalue weighted by Crippen LogP contribution is 2.32. The van der Waals surface area contributed by atoms with Crippen LogP contribution in [0, 0.1) is 0 Å². The number of sulfonamides is 1. The van der Waals surface area contributed by atoms with Gasteiger partial charge in [-0.3, -0.25) is 9.89 Å². The van der Waals surface area contributed by atoms with E-state index in [4.69, 9.17) is 10.5 Å². The van der Waals surface area contributed by atoms with E-state index in [2.05, 4.69) is 20.0 Å². The van der Waals surface area contributed by atoms with Crippen LogP contribution in [0.3, 0.4) is 0 Å². The van der Waals surface area contributed by atoms with Crippen molar-refractivity contribution in [3.8, 4) is 11.4 Å². The molecule has 1 heterocycles. The molecule has 1 aliphatic carbocycles. The molecule has 0 unspecified atom stereocenters. The van der Waals surface area contributed by atoms with Crippen molar-refractivity contribution >= 4 is 27.2 Å². The van der Waals surface area contributed by atoms with Gasteiger partial charge in [0.05, 0.1) is 18.9 Å². The van der Waals surface area contributed by atoms with Gasteiger partial charge in [0.15, 0.2) is 5.69 Å². The van der Waals surface area contributed by atoms with E-state index in [9.17, 15) is 18.3 Å². The summed E-state index contributed by atoms with van der Waals surface area (Å²) >= 11 is 0. The molecule has 2 aromatic carbocycles. The minimum Gasteiger partial charge on any atom is -0.497 e. The van der Waals surface area contributed by atoms with Crippen LogP contribution < -0.4 is 20.8 Å². The van der Waals surface area contributed by atoms with Crippen molar-refractivity contribution in [2.75, 3.05) is 12.8 Å². The number of benzene rings is 2. The van der Waals surface area contributed by atoms with E-state index in [1.54, 1.807) is 24.3 Å². The van der Waals surface area contributed by atoms with Gasteiger partial charge in [0, 0.05) is 12.1 Å². The monoisotopic (exact) mass is 486 g/mol. The molecule has 5 N–H and O–H groups in total. The zero-order valence-corrected chi connectivity index (χ0v) is 19.3. The summed E-state index contributed by atoms with van der Waals surface area (Å²) in [4.78, 5) is 12.7. The maximum Gasteiger partial charge on any atom is 0.301 e. The fraction of sp³-hybridized carbons (Fsp3) is 0.318. The highest BCUT2D eigenvalue weighted by molar-refractivity contribution is 7.89. The van der Waals surface area contributed by atoms with Crippen molar-refractivity contribution in [3.05, 3.63) is 58.9 Å². The van der Waals surface area contributed by atoms with Crippen molar-refractivity contribution in [1.29, 1.82) is 0 Å². The maximum atomic E-state index is 13.1. The molecule has 1 saturated carbocycles. The number of aromatic amines is 1. The van der Waals surface area contributed by atoms with Crippen LogP contribution in [0.5, 0.6) is 5.75 Å². The molecule has 3 aromatic rings. The number of nitrogens with zero attached hydrogens (tertiary/aromatic N) is 3. The molecule has 0 bridgehead atoms. The predicted octanol–water partition coefficient (Wildman–Crippen LogP) is 2.75. The summed E-state index contributed by atoms with van der Waals surface area (Å²) in [7, 11) is -2.52. The largest absolute Gasteiger partial charge is 0.497 e. The Hall–Kier alpha value is -3.48. The van der Waals surface area contributed by atoms with E-state index < -0.39 is 21.7 Å². The number of nitrogens with two attached hydrogens (primary N) is 1. The van der Waals surface area contributed by atoms with Crippen LogP contribution in [-0.4, -0.2) is 42.6 Å². The Bertz CT molecular complexity index is 1340. The molecule has 1 aromatic heterocycles. The van der Waals surface area contributed by atoms with E-state index in [1.807, 2.05) is 6.07 Å². The summed E-state index contributed by atoms with van der Waals surface area (Å²) in [5.74, 6) is 0.362. The van der Waals surface area contributed by atoms with Gasteiger partial charge in [0.1, 0.15) is 22.2 Å². The Morgan fingerprint density at radius 1 is 1.12 bits per heavy atom. The second-order valence-electron chi connectivity index (χ2n) is 8.01. The number of para-hydroxylation sites is 1. The van der Waals surface area contributed by atoms with Crippen LogP contribution in [0.25, 0.3) is 5.69 Å². The Balaban J connectivity index is 1.67. The fourth-order valence-corrected chi connectivity index (χ4v) is 5.23. The maximum absolute atomic E-state index is 13.1. The summed E-state index contributed by atoms with van der Waals surface area (Å²) in [6.45, 7) is 0. The molecule has 0 saturated heterocycles. The molecular formula is C22H26N6O5S. The number of aliphatic hydroxyl groups excluding tert-OH is 1. The summed E-state index contributed by atoms with van der Waals surface area (Å²) in [6, 6.07) is 12.8. The number of hydrogen-bond donors (Lipinski definition) is 4. The van der Waals surface area contributed by atoms with E-state index in [0.717, 1.165) is 0 Å². The molecule has 12 heteroatoms. The Morgan fingerprint density at radius 2 is 1.82 bits per heavy atom. The number of azo groups is 1. The van der Waals surface area contributed by atoms with Crippen molar-refractivity contribution in [1.82, 2.24) is 14.5 Å². The van der Waals surface area contributed by atoms with Gasteiger partial charge < -0.3 is 15.6 Å². The van der Waals surface area contributed by atoms with Gasteiger partial charge in [0.25, 0.3) is 0 Å². The van der Waals surface area contributed by atoms with Gasteiger partial charge in [-0.25, -0.2) is 17.8 Å². The summed E-state index contributed by atoms with van der Waals surface area (Å²) in [5, 5.41) is 20.5. The third-order valence-corrected chi connectivity index (χ3v) is 7.21. The van der Waals surface area contributed by atoms with Crippen LogP contribution in [-0.2, 0) is 10.0 Å². The van der Waals surface area contributed by atoms with Gasteiger partial charge in [-0.2, -0.15) is 0 Å². The molecule has 180 valence electrons. The SMILES string of the molecule is COc1ccc(S(=O)(=O)NC2CCC(O)CC2)c(N=Nc2c(N)[nH]n(-c3ccccc3)c2=O)c1. The highest BCUT2D eigenvalue weighted by atomic mass is 32.2. The number of ether oxygens (including phenoxy) is 1. The van der Waals surface area contributed by atoms with Gasteiger partial charge >= 0.3 is 5.56 Å². The predicted molar refractivity (Wildman–Crippen MR) is 127 cm³/mol. The standard InChI is InChI=1S/C22H26N6O5S/c1-33-17-11-12-19(34(31,32)27-14-7-9-16(29)10-8-14)18(13-17)24-25-20-21(23)26-28(22(20)30)15-5-3-2-4-6-15/h2-6,11-14,16,26-27,29H,7-10,23H2,1H3. The van der Waals surface area contributed by atoms with Gasteiger partial charge in [-0.15, -0.1) is 10.2 Å². The number of aromatic nitrogens is 2. The van der Waals surface area contributed by atoms with Crippen LogP contribution in [0.1, 0.15) is 25.7 Å². The number of nitrogens with one attached hydrogen (secondary N) is 2. The molecule has 34 heavy (non-hydrogen) atoms. The Kier molecular flexibility index (Phi) is 6.82. The summed E-state index contributed by atoms with van der Waals surface area (Å²) in [6.07, 6.45) is 1.72. The van der Waals surface area contributed by atoms with Crippen molar-refractivity contribution in [2.45, 2.75) is 42.7 Å². The molecular weight excluding hydrogens is 460 g/mol. The number of anilines is 1. The van der Waals surface area contributed by atoms with Crippen LogP contribution in [0.4, 0.5) is 17.2 Å². The first-order chi connectivity index (χ1) is 16.3. The molecule has 1 aliphatic rings. The van der Waals surface area contributed by atoms with Crippen molar-refractivity contribution in [2.24, 2.45) is 10.2 Å². The second kappa shape index (κ2) is 9.79. The second-order valence-corrected chi connectivity index (χ2v) is 9.69. The molecule has 11 nitrogen and oxygen atoms in total. The zero-order valence-electron chi connectivity index (χ0n) is 18.5. The van der Waals surface area contributed by atoms with Gasteiger partial charge in [0.2, 0.25) is 10.0 Å². The first kappa shape index (κ1) is 23.7. The Morgan fingerprint density at radius 3 is 2.50 bits per heavy atom. The molecule has 0 atom stereocenters. The van der Waals surface area contributed by atoms with E-state index in [1.165, 1.54) is 30.0 Å². The number of methoxy groups -OCH3 is 1.